The van der Waals surface area contributed by atoms with Gasteiger partial charge in [-0.3, -0.25) is 4.90 Å². The van der Waals surface area contributed by atoms with Gasteiger partial charge in [0.15, 0.2) is 0 Å². The lowest BCUT2D eigenvalue weighted by atomic mass is 9.83. The molecular formula is C14H21FN2. The zero-order valence-electron chi connectivity index (χ0n) is 10.6. The molecule has 2 unspecified atom stereocenters. The number of nitrogens with two attached hydrogens (primary N) is 1. The molecule has 17 heavy (non-hydrogen) atoms. The van der Waals surface area contributed by atoms with Crippen LogP contribution in [0.25, 0.3) is 0 Å². The molecule has 1 aliphatic heterocycles. The van der Waals surface area contributed by atoms with E-state index < -0.39 is 0 Å². The van der Waals surface area contributed by atoms with E-state index in [0.717, 1.165) is 24.1 Å². The largest absolute Gasteiger partial charge is 0.330 e. The third kappa shape index (κ3) is 2.50. The molecule has 2 nitrogen and oxygen atoms in total. The first-order chi connectivity index (χ1) is 8.13. The molecule has 0 spiro atoms. The quantitative estimate of drug-likeness (QED) is 0.854. The van der Waals surface area contributed by atoms with Crippen molar-refractivity contribution in [2.75, 3.05) is 20.1 Å². The zero-order chi connectivity index (χ0) is 12.4. The van der Waals surface area contributed by atoms with Crippen LogP contribution >= 0.6 is 0 Å². The topological polar surface area (TPSA) is 29.3 Å². The summed E-state index contributed by atoms with van der Waals surface area (Å²) in [6.45, 7) is 3.78. The Morgan fingerprint density at radius 2 is 2.24 bits per heavy atom. The summed E-state index contributed by atoms with van der Waals surface area (Å²) in [6.07, 6.45) is 2.32. The standard InChI is InChI=1S/C14H21FN2/c1-10-5-6-12(15)8-13(10)14-11(9-16)4-3-7-17(14)2/h5-6,8,11,14H,3-4,7,9,16H2,1-2H3. The van der Waals surface area contributed by atoms with E-state index in [-0.39, 0.29) is 11.9 Å². The summed E-state index contributed by atoms with van der Waals surface area (Å²) in [4.78, 5) is 2.31. The van der Waals surface area contributed by atoms with Crippen LogP contribution in [0.2, 0.25) is 0 Å². The molecule has 0 radical (unpaired) electrons. The van der Waals surface area contributed by atoms with Crippen LogP contribution in [0.1, 0.15) is 30.0 Å². The van der Waals surface area contributed by atoms with E-state index in [0.29, 0.717) is 12.5 Å². The molecule has 1 saturated heterocycles. The number of hydrogen-bond donors (Lipinski definition) is 1. The Labute approximate surface area is 103 Å². The lowest BCUT2D eigenvalue weighted by Gasteiger charge is -2.39. The number of nitrogens with zero attached hydrogens (tertiary/aromatic N) is 1. The van der Waals surface area contributed by atoms with Gasteiger partial charge in [-0.25, -0.2) is 4.39 Å². The summed E-state index contributed by atoms with van der Waals surface area (Å²) < 4.78 is 13.4. The van der Waals surface area contributed by atoms with E-state index in [9.17, 15) is 4.39 Å². The molecule has 1 aromatic rings. The predicted octanol–water partition coefficient (Wildman–Crippen LogP) is 2.48. The maximum atomic E-state index is 13.4. The van der Waals surface area contributed by atoms with Gasteiger partial charge in [0.05, 0.1) is 0 Å². The summed E-state index contributed by atoms with van der Waals surface area (Å²) in [6, 6.07) is 5.33. The predicted molar refractivity (Wildman–Crippen MR) is 68.3 cm³/mol. The Morgan fingerprint density at radius 1 is 1.47 bits per heavy atom. The third-order valence-electron chi connectivity index (χ3n) is 3.87. The molecule has 1 heterocycles. The SMILES string of the molecule is Cc1ccc(F)cc1C1C(CN)CCCN1C. The second-order valence-electron chi connectivity index (χ2n) is 5.06. The van der Waals surface area contributed by atoms with Crippen LogP contribution in [0, 0.1) is 18.7 Å². The molecular weight excluding hydrogens is 215 g/mol. The van der Waals surface area contributed by atoms with E-state index in [2.05, 4.69) is 11.9 Å². The molecule has 2 N–H and O–H groups in total. The van der Waals surface area contributed by atoms with E-state index in [1.807, 2.05) is 13.0 Å². The highest BCUT2D eigenvalue weighted by atomic mass is 19.1. The van der Waals surface area contributed by atoms with Crippen molar-refractivity contribution in [3.8, 4) is 0 Å². The minimum Gasteiger partial charge on any atom is -0.330 e. The summed E-state index contributed by atoms with van der Waals surface area (Å²) in [5.74, 6) is 0.287. The second-order valence-corrected chi connectivity index (χ2v) is 5.06. The number of piperidine rings is 1. The van der Waals surface area contributed by atoms with Gasteiger partial charge in [-0.15, -0.1) is 0 Å². The lowest BCUT2D eigenvalue weighted by molar-refractivity contribution is 0.124. The third-order valence-corrected chi connectivity index (χ3v) is 3.87. The number of hydrogen-bond acceptors (Lipinski definition) is 2. The van der Waals surface area contributed by atoms with Crippen molar-refractivity contribution in [2.45, 2.75) is 25.8 Å². The van der Waals surface area contributed by atoms with E-state index in [4.69, 9.17) is 5.73 Å². The van der Waals surface area contributed by atoms with Crippen LogP contribution in [0.15, 0.2) is 18.2 Å². The molecule has 0 bridgehead atoms. The summed E-state index contributed by atoms with van der Waals surface area (Å²) in [5, 5.41) is 0. The van der Waals surface area contributed by atoms with Gasteiger partial charge in [0, 0.05) is 6.04 Å². The molecule has 2 atom stereocenters. The first-order valence-electron chi connectivity index (χ1n) is 6.30. The summed E-state index contributed by atoms with van der Waals surface area (Å²) >= 11 is 0. The molecule has 1 fully saturated rings. The van der Waals surface area contributed by atoms with Crippen molar-refractivity contribution < 1.29 is 4.39 Å². The molecule has 1 aliphatic rings. The molecule has 1 aromatic carbocycles. The Kier molecular flexibility index (Phi) is 3.79. The second kappa shape index (κ2) is 5.15. The van der Waals surface area contributed by atoms with Crippen molar-refractivity contribution in [2.24, 2.45) is 11.7 Å². The minimum atomic E-state index is -0.152. The normalized spacial score (nSPS) is 26.1. The van der Waals surface area contributed by atoms with Gasteiger partial charge in [0.2, 0.25) is 0 Å². The fourth-order valence-corrected chi connectivity index (χ4v) is 2.93. The van der Waals surface area contributed by atoms with Crippen LogP contribution in [-0.2, 0) is 0 Å². The van der Waals surface area contributed by atoms with Gasteiger partial charge in [-0.2, -0.15) is 0 Å². The van der Waals surface area contributed by atoms with Crippen LogP contribution in [0.5, 0.6) is 0 Å². The van der Waals surface area contributed by atoms with Crippen molar-refractivity contribution in [3.05, 3.63) is 35.1 Å². The average Bonchev–Trinajstić information content (AvgIpc) is 2.32. The van der Waals surface area contributed by atoms with Gasteiger partial charge in [-0.05, 0) is 69.1 Å². The summed E-state index contributed by atoms with van der Waals surface area (Å²) in [5.41, 5.74) is 8.12. The van der Waals surface area contributed by atoms with Gasteiger partial charge < -0.3 is 5.73 Å². The molecule has 0 aliphatic carbocycles. The average molecular weight is 236 g/mol. The van der Waals surface area contributed by atoms with Crippen LogP contribution in [0.4, 0.5) is 4.39 Å². The molecule has 2 rings (SSSR count). The highest BCUT2D eigenvalue weighted by Gasteiger charge is 2.30. The highest BCUT2D eigenvalue weighted by molar-refractivity contribution is 5.30. The molecule has 0 saturated carbocycles. The molecule has 0 amide bonds. The Balaban J connectivity index is 2.37. The number of halogens is 1. The maximum Gasteiger partial charge on any atom is 0.123 e. The monoisotopic (exact) mass is 236 g/mol. The minimum absolute atomic E-state index is 0.152. The first-order valence-corrected chi connectivity index (χ1v) is 6.30. The van der Waals surface area contributed by atoms with Crippen molar-refractivity contribution >= 4 is 0 Å². The van der Waals surface area contributed by atoms with Gasteiger partial charge >= 0.3 is 0 Å². The van der Waals surface area contributed by atoms with Gasteiger partial charge in [0.1, 0.15) is 5.82 Å². The summed E-state index contributed by atoms with van der Waals surface area (Å²) in [7, 11) is 2.11. The number of rotatable bonds is 2. The first kappa shape index (κ1) is 12.5. The lowest BCUT2D eigenvalue weighted by Crippen LogP contribution is -2.39. The van der Waals surface area contributed by atoms with Crippen molar-refractivity contribution in [1.29, 1.82) is 0 Å². The van der Waals surface area contributed by atoms with E-state index >= 15 is 0 Å². The number of benzene rings is 1. The Hall–Kier alpha value is -0.930. The molecule has 3 heteroatoms. The fraction of sp³-hybridized carbons (Fsp3) is 0.571. The molecule has 94 valence electrons. The van der Waals surface area contributed by atoms with Crippen LogP contribution in [0.3, 0.4) is 0 Å². The highest BCUT2D eigenvalue weighted by Crippen LogP contribution is 2.36. The van der Waals surface area contributed by atoms with Crippen molar-refractivity contribution in [1.82, 2.24) is 4.90 Å². The maximum absolute atomic E-state index is 13.4. The van der Waals surface area contributed by atoms with Crippen LogP contribution < -0.4 is 5.73 Å². The Bertz CT molecular complexity index is 392. The van der Waals surface area contributed by atoms with Crippen LogP contribution in [-0.4, -0.2) is 25.0 Å². The van der Waals surface area contributed by atoms with Gasteiger partial charge in [0.25, 0.3) is 0 Å². The smallest absolute Gasteiger partial charge is 0.123 e. The van der Waals surface area contributed by atoms with Gasteiger partial charge in [-0.1, -0.05) is 6.07 Å². The number of likely N-dealkylation sites (tertiary alicyclic amines) is 1. The van der Waals surface area contributed by atoms with Crippen molar-refractivity contribution in [3.63, 3.8) is 0 Å². The van der Waals surface area contributed by atoms with E-state index in [1.165, 1.54) is 12.5 Å². The fourth-order valence-electron chi connectivity index (χ4n) is 2.93. The Morgan fingerprint density at radius 3 is 2.94 bits per heavy atom. The molecule has 0 aromatic heterocycles. The number of aryl methyl sites for hydroxylation is 1. The zero-order valence-corrected chi connectivity index (χ0v) is 10.6. The van der Waals surface area contributed by atoms with E-state index in [1.54, 1.807) is 6.07 Å².